The van der Waals surface area contributed by atoms with E-state index in [9.17, 15) is 4.79 Å². The minimum absolute atomic E-state index is 0.00931. The van der Waals surface area contributed by atoms with Crippen LogP contribution in [0, 0.1) is 6.92 Å². The summed E-state index contributed by atoms with van der Waals surface area (Å²) in [6.07, 6.45) is 0. The maximum Gasteiger partial charge on any atom is 0.349 e. The molecule has 2 rings (SSSR count). The molecule has 0 amide bonds. The van der Waals surface area contributed by atoms with Gasteiger partial charge < -0.3 is 9.47 Å². The molecule has 3 nitrogen and oxygen atoms in total. The van der Waals surface area contributed by atoms with E-state index in [2.05, 4.69) is 13.8 Å². The molecule has 0 saturated carbocycles. The molecule has 0 aliphatic carbocycles. The third-order valence-corrected chi connectivity index (χ3v) is 2.51. The van der Waals surface area contributed by atoms with Crippen LogP contribution < -0.4 is 9.47 Å². The third kappa shape index (κ3) is 1.69. The minimum atomic E-state index is -0.324. The maximum absolute atomic E-state index is 11.2. The Morgan fingerprint density at radius 2 is 2.00 bits per heavy atom. The zero-order chi connectivity index (χ0) is 11.0. The van der Waals surface area contributed by atoms with E-state index in [0.717, 1.165) is 11.1 Å². The summed E-state index contributed by atoms with van der Waals surface area (Å²) in [6, 6.07) is 3.98. The van der Waals surface area contributed by atoms with Crippen molar-refractivity contribution >= 4 is 5.97 Å². The van der Waals surface area contributed by atoms with Gasteiger partial charge in [0.25, 0.3) is 0 Å². The number of hydrogen-bond donors (Lipinski definition) is 0. The molecule has 0 aromatic heterocycles. The summed E-state index contributed by atoms with van der Waals surface area (Å²) in [5.41, 5.74) is 2.02. The minimum Gasteiger partial charge on any atom is -0.478 e. The van der Waals surface area contributed by atoms with Gasteiger partial charge in [-0.2, -0.15) is 0 Å². The SMILES string of the molecule is Cc1ccc(C(C)C)c2c1OCC(=O)O2. The second kappa shape index (κ2) is 3.57. The van der Waals surface area contributed by atoms with Crippen LogP contribution in [-0.2, 0) is 4.79 Å². The Hall–Kier alpha value is -1.51. The molecule has 0 atom stereocenters. The highest BCUT2D eigenvalue weighted by Gasteiger charge is 2.24. The van der Waals surface area contributed by atoms with Crippen molar-refractivity contribution in [3.63, 3.8) is 0 Å². The Morgan fingerprint density at radius 1 is 1.27 bits per heavy atom. The summed E-state index contributed by atoms with van der Waals surface area (Å²) < 4.78 is 10.6. The van der Waals surface area contributed by atoms with Gasteiger partial charge in [-0.3, -0.25) is 0 Å². The summed E-state index contributed by atoms with van der Waals surface area (Å²) in [7, 11) is 0. The molecule has 0 saturated heterocycles. The van der Waals surface area contributed by atoms with Gasteiger partial charge in [0.1, 0.15) is 0 Å². The molecule has 0 fully saturated rings. The summed E-state index contributed by atoms with van der Waals surface area (Å²) in [4.78, 5) is 11.2. The van der Waals surface area contributed by atoms with Crippen molar-refractivity contribution in [2.45, 2.75) is 26.7 Å². The van der Waals surface area contributed by atoms with Crippen molar-refractivity contribution in [3.05, 3.63) is 23.3 Å². The van der Waals surface area contributed by atoms with Crippen LogP contribution in [-0.4, -0.2) is 12.6 Å². The summed E-state index contributed by atoms with van der Waals surface area (Å²) in [6.45, 7) is 6.08. The van der Waals surface area contributed by atoms with Crippen molar-refractivity contribution in [3.8, 4) is 11.5 Å². The van der Waals surface area contributed by atoms with E-state index >= 15 is 0 Å². The van der Waals surface area contributed by atoms with E-state index in [-0.39, 0.29) is 12.6 Å². The van der Waals surface area contributed by atoms with Crippen LogP contribution in [0.3, 0.4) is 0 Å². The first kappa shape index (κ1) is 10.0. The van der Waals surface area contributed by atoms with E-state index < -0.39 is 0 Å². The molecule has 0 N–H and O–H groups in total. The summed E-state index contributed by atoms with van der Waals surface area (Å²) in [5, 5.41) is 0. The molecule has 0 spiro atoms. The molecule has 1 aromatic carbocycles. The van der Waals surface area contributed by atoms with Gasteiger partial charge in [0.15, 0.2) is 18.1 Å². The van der Waals surface area contributed by atoms with Crippen LogP contribution in [0.25, 0.3) is 0 Å². The largest absolute Gasteiger partial charge is 0.478 e. The number of esters is 1. The zero-order valence-corrected chi connectivity index (χ0v) is 9.16. The topological polar surface area (TPSA) is 35.5 Å². The van der Waals surface area contributed by atoms with Gasteiger partial charge >= 0.3 is 5.97 Å². The molecule has 1 aromatic rings. The highest BCUT2D eigenvalue weighted by Crippen LogP contribution is 2.40. The number of carbonyl (C=O) groups is 1. The molecule has 1 aliphatic rings. The van der Waals surface area contributed by atoms with Crippen molar-refractivity contribution in [1.29, 1.82) is 0 Å². The lowest BCUT2D eigenvalue weighted by Gasteiger charge is -2.22. The lowest BCUT2D eigenvalue weighted by atomic mass is 9.99. The molecule has 0 bridgehead atoms. The van der Waals surface area contributed by atoms with Crippen molar-refractivity contribution in [1.82, 2.24) is 0 Å². The fourth-order valence-electron chi connectivity index (χ4n) is 1.69. The Labute approximate surface area is 89.0 Å². The van der Waals surface area contributed by atoms with E-state index in [1.54, 1.807) is 0 Å². The average Bonchev–Trinajstić information content (AvgIpc) is 2.17. The van der Waals surface area contributed by atoms with Gasteiger partial charge in [-0.15, -0.1) is 0 Å². The first-order chi connectivity index (χ1) is 7.09. The molecular weight excluding hydrogens is 192 g/mol. The van der Waals surface area contributed by atoms with Crippen LogP contribution in [0.1, 0.15) is 30.9 Å². The highest BCUT2D eigenvalue weighted by molar-refractivity contribution is 5.78. The lowest BCUT2D eigenvalue weighted by molar-refractivity contribution is -0.138. The Morgan fingerprint density at radius 3 is 2.67 bits per heavy atom. The maximum atomic E-state index is 11.2. The Kier molecular flexibility index (Phi) is 2.39. The second-order valence-corrected chi connectivity index (χ2v) is 4.05. The molecule has 1 heterocycles. The van der Waals surface area contributed by atoms with Gasteiger partial charge in [-0.05, 0) is 18.4 Å². The molecule has 0 unspecified atom stereocenters. The number of rotatable bonds is 1. The van der Waals surface area contributed by atoms with Crippen LogP contribution in [0.4, 0.5) is 0 Å². The van der Waals surface area contributed by atoms with Gasteiger partial charge in [0, 0.05) is 5.56 Å². The third-order valence-electron chi connectivity index (χ3n) is 2.51. The van der Waals surface area contributed by atoms with E-state index in [1.807, 2.05) is 19.1 Å². The summed E-state index contributed by atoms with van der Waals surface area (Å²) in [5.74, 6) is 1.30. The van der Waals surface area contributed by atoms with E-state index in [0.29, 0.717) is 17.4 Å². The fraction of sp³-hybridized carbons (Fsp3) is 0.417. The quantitative estimate of drug-likeness (QED) is 0.523. The number of fused-ring (bicyclic) bond motifs is 1. The van der Waals surface area contributed by atoms with Gasteiger partial charge in [0.05, 0.1) is 0 Å². The first-order valence-corrected chi connectivity index (χ1v) is 5.06. The lowest BCUT2D eigenvalue weighted by Crippen LogP contribution is -2.24. The highest BCUT2D eigenvalue weighted by atomic mass is 16.6. The second-order valence-electron chi connectivity index (χ2n) is 4.05. The molecule has 15 heavy (non-hydrogen) atoms. The number of hydrogen-bond acceptors (Lipinski definition) is 3. The van der Waals surface area contributed by atoms with Gasteiger partial charge in [-0.1, -0.05) is 26.0 Å². The predicted molar refractivity (Wildman–Crippen MR) is 56.4 cm³/mol. The summed E-state index contributed by atoms with van der Waals surface area (Å²) >= 11 is 0. The Bertz CT molecular complexity index is 408. The molecule has 1 aliphatic heterocycles. The molecule has 80 valence electrons. The smallest absolute Gasteiger partial charge is 0.349 e. The standard InChI is InChI=1S/C12H14O3/c1-7(2)9-5-4-8(3)11-12(9)15-10(13)6-14-11/h4-5,7H,6H2,1-3H3. The average molecular weight is 206 g/mol. The number of carbonyl (C=O) groups excluding carboxylic acids is 1. The van der Waals surface area contributed by atoms with Crippen LogP contribution >= 0.6 is 0 Å². The molecule has 3 heteroatoms. The van der Waals surface area contributed by atoms with E-state index in [4.69, 9.17) is 9.47 Å². The number of benzene rings is 1. The zero-order valence-electron chi connectivity index (χ0n) is 9.16. The van der Waals surface area contributed by atoms with Crippen LogP contribution in [0.5, 0.6) is 11.5 Å². The van der Waals surface area contributed by atoms with Crippen molar-refractivity contribution < 1.29 is 14.3 Å². The Balaban J connectivity index is 2.56. The number of ether oxygens (including phenoxy) is 2. The van der Waals surface area contributed by atoms with Crippen molar-refractivity contribution in [2.24, 2.45) is 0 Å². The normalized spacial score (nSPS) is 14.5. The predicted octanol–water partition coefficient (Wildman–Crippen LogP) is 2.42. The van der Waals surface area contributed by atoms with E-state index in [1.165, 1.54) is 0 Å². The molecule has 0 radical (unpaired) electrons. The molecular formula is C12H14O3. The first-order valence-electron chi connectivity index (χ1n) is 5.06. The number of aryl methyl sites for hydroxylation is 1. The van der Waals surface area contributed by atoms with Gasteiger partial charge in [0.2, 0.25) is 0 Å². The monoisotopic (exact) mass is 206 g/mol. The van der Waals surface area contributed by atoms with Crippen LogP contribution in [0.15, 0.2) is 12.1 Å². The van der Waals surface area contributed by atoms with Crippen molar-refractivity contribution in [2.75, 3.05) is 6.61 Å². The van der Waals surface area contributed by atoms with Gasteiger partial charge in [-0.25, -0.2) is 4.79 Å². The fourth-order valence-corrected chi connectivity index (χ4v) is 1.69. The van der Waals surface area contributed by atoms with Crippen LogP contribution in [0.2, 0.25) is 0 Å².